The minimum absolute atomic E-state index is 0.000587. The number of fused-ring (bicyclic) bond motifs is 3. The predicted octanol–water partition coefficient (Wildman–Crippen LogP) is 9.68. The summed E-state index contributed by atoms with van der Waals surface area (Å²) in [5.74, 6) is -0.228. The Labute approximate surface area is 366 Å². The average Bonchev–Trinajstić information content (AvgIpc) is 3.28. The molecule has 2 N–H and O–H groups in total. The standard InChI is InChI=1S/C48H54ClN3O10/c1-3-25-59-48-44(51(2)47(55)58-26-22-49)30-42(50-60-31-32-14-17-36(18-15-32)52(56)57)40-28-35(12-6-8-23-53)39(13-7-9-24-54)45(46(40)48)41-29-38(20-21-43(41)62-48)61-37-19-16-33-10-4-5-11-34(33)27-37/h3-5,10-11,14-21,27-29,35,39,44-46,53-54H,1,6-9,12-13,22-26,30-31H2,2H3. The van der Waals surface area contributed by atoms with Crippen molar-refractivity contribution in [2.45, 2.75) is 69.3 Å². The maximum atomic E-state index is 13.8. The van der Waals surface area contributed by atoms with Gasteiger partial charge in [-0.2, -0.15) is 0 Å². The molecule has 328 valence electrons. The summed E-state index contributed by atoms with van der Waals surface area (Å²) in [5, 5.41) is 38.1. The maximum absolute atomic E-state index is 13.8. The van der Waals surface area contributed by atoms with E-state index in [1.165, 1.54) is 17.0 Å². The van der Waals surface area contributed by atoms with E-state index in [1.807, 2.05) is 54.6 Å². The second-order valence-corrected chi connectivity index (χ2v) is 16.4. The van der Waals surface area contributed by atoms with E-state index in [-0.39, 0.29) is 68.8 Å². The number of benzene rings is 4. The van der Waals surface area contributed by atoms with Gasteiger partial charge in [-0.05, 0) is 102 Å². The molecule has 4 aromatic carbocycles. The summed E-state index contributed by atoms with van der Waals surface area (Å²) < 4.78 is 26.3. The molecule has 0 radical (unpaired) electrons. The Bertz CT molecular complexity index is 2270. The van der Waals surface area contributed by atoms with E-state index in [9.17, 15) is 25.1 Å². The van der Waals surface area contributed by atoms with E-state index in [0.29, 0.717) is 41.4 Å². The van der Waals surface area contributed by atoms with Gasteiger partial charge in [-0.1, -0.05) is 60.5 Å². The van der Waals surface area contributed by atoms with Crippen LogP contribution in [-0.2, 0) is 20.9 Å². The maximum Gasteiger partial charge on any atom is 0.410 e. The molecule has 14 heteroatoms. The number of hydrogen-bond donors (Lipinski definition) is 2. The van der Waals surface area contributed by atoms with Crippen molar-refractivity contribution in [3.8, 4) is 17.2 Å². The van der Waals surface area contributed by atoms with Crippen LogP contribution in [-0.4, -0.2) is 83.0 Å². The fraction of sp³-hybridized carbons (Fsp3) is 0.417. The number of unbranched alkanes of at least 4 members (excludes halogenated alkanes) is 2. The Morgan fingerprint density at radius 3 is 2.45 bits per heavy atom. The van der Waals surface area contributed by atoms with E-state index in [2.05, 4.69) is 18.7 Å². The van der Waals surface area contributed by atoms with Gasteiger partial charge in [0, 0.05) is 50.3 Å². The Balaban J connectivity index is 1.38. The highest BCUT2D eigenvalue weighted by Gasteiger charge is 2.65. The molecule has 0 saturated heterocycles. The molecule has 13 nitrogen and oxygen atoms in total. The molecule has 3 aliphatic rings. The number of amides is 1. The molecule has 6 unspecified atom stereocenters. The summed E-state index contributed by atoms with van der Waals surface area (Å²) in [6.07, 6.45) is 7.84. The molecule has 0 aromatic heterocycles. The first-order valence-corrected chi connectivity index (χ1v) is 21.8. The molecule has 1 amide bonds. The number of rotatable bonds is 20. The molecule has 0 bridgehead atoms. The molecule has 1 aliphatic heterocycles. The third-order valence-electron chi connectivity index (χ3n) is 12.2. The molecule has 7 rings (SSSR count). The van der Waals surface area contributed by atoms with E-state index in [1.54, 1.807) is 25.3 Å². The van der Waals surface area contributed by atoms with Gasteiger partial charge in [-0.15, -0.1) is 18.2 Å². The van der Waals surface area contributed by atoms with E-state index < -0.39 is 28.8 Å². The number of non-ortho nitro benzene ring substituents is 1. The van der Waals surface area contributed by atoms with Gasteiger partial charge in [0.1, 0.15) is 36.5 Å². The Kier molecular flexibility index (Phi) is 14.8. The van der Waals surface area contributed by atoms with E-state index >= 15 is 0 Å². The lowest BCUT2D eigenvalue weighted by Crippen LogP contribution is -2.69. The quantitative estimate of drug-likeness (QED) is 0.0288. The van der Waals surface area contributed by atoms with Crippen molar-refractivity contribution in [2.24, 2.45) is 22.9 Å². The lowest BCUT2D eigenvalue weighted by Gasteiger charge is -2.59. The smallest absolute Gasteiger partial charge is 0.410 e. The predicted molar refractivity (Wildman–Crippen MR) is 237 cm³/mol. The number of aliphatic hydroxyl groups excluding tert-OH is 2. The topological polar surface area (TPSA) is 162 Å². The number of hydrogen-bond acceptors (Lipinski definition) is 11. The average molecular weight is 868 g/mol. The Hall–Kier alpha value is -5.47. The third kappa shape index (κ3) is 9.61. The number of nitro groups is 1. The number of likely N-dealkylation sites (N-methyl/N-ethyl adjacent to an activating group) is 1. The summed E-state index contributed by atoms with van der Waals surface area (Å²) in [7, 11) is 1.65. The van der Waals surface area contributed by atoms with E-state index in [0.717, 1.165) is 47.6 Å². The third-order valence-corrected chi connectivity index (χ3v) is 12.4. The van der Waals surface area contributed by atoms with Crippen LogP contribution in [0.1, 0.15) is 62.0 Å². The first kappa shape index (κ1) is 44.6. The summed E-state index contributed by atoms with van der Waals surface area (Å²) in [5.41, 5.74) is 3.03. The molecule has 2 aliphatic carbocycles. The highest BCUT2D eigenvalue weighted by molar-refractivity contribution is 6.18. The van der Waals surface area contributed by atoms with Gasteiger partial charge in [0.2, 0.25) is 5.79 Å². The molecule has 62 heavy (non-hydrogen) atoms. The number of oxime groups is 1. The number of ether oxygens (including phenoxy) is 4. The van der Waals surface area contributed by atoms with Crippen LogP contribution in [0, 0.1) is 27.9 Å². The van der Waals surface area contributed by atoms with Crippen LogP contribution in [0.3, 0.4) is 0 Å². The van der Waals surface area contributed by atoms with Crippen LogP contribution in [0.5, 0.6) is 17.2 Å². The van der Waals surface area contributed by atoms with Gasteiger partial charge in [-0.3, -0.25) is 10.1 Å². The van der Waals surface area contributed by atoms with Gasteiger partial charge < -0.3 is 38.9 Å². The van der Waals surface area contributed by atoms with Gasteiger partial charge in [0.25, 0.3) is 5.69 Å². The van der Waals surface area contributed by atoms with Crippen LogP contribution in [0.2, 0.25) is 0 Å². The number of allylic oxidation sites excluding steroid dienone is 1. The SMILES string of the molecule is C=CCOC12Oc3ccc(Oc4ccc5ccccc5c4)cc3C3C(CCCCO)C(CCCCO)C=C(C(=NOCc4ccc([N+](=O)[O-])cc4)CC1N(C)C(=O)OCCCl)C32. The van der Waals surface area contributed by atoms with Gasteiger partial charge in [0.15, 0.2) is 0 Å². The van der Waals surface area contributed by atoms with Crippen LogP contribution in [0.25, 0.3) is 10.8 Å². The van der Waals surface area contributed by atoms with Crippen molar-refractivity contribution in [1.29, 1.82) is 0 Å². The number of carbonyl (C=O) groups is 1. The molecule has 1 heterocycles. The second-order valence-electron chi connectivity index (χ2n) is 16.0. The highest BCUT2D eigenvalue weighted by atomic mass is 35.5. The minimum atomic E-state index is -1.46. The molecule has 0 spiro atoms. The highest BCUT2D eigenvalue weighted by Crippen LogP contribution is 2.62. The summed E-state index contributed by atoms with van der Waals surface area (Å²) in [6.45, 7) is 4.26. The Morgan fingerprint density at radius 1 is 1.00 bits per heavy atom. The molecular formula is C48H54ClN3O10. The second kappa shape index (κ2) is 20.6. The molecule has 4 aromatic rings. The number of alkyl halides is 1. The number of halogens is 1. The van der Waals surface area contributed by atoms with E-state index in [4.69, 9.17) is 40.5 Å². The van der Waals surface area contributed by atoms with Crippen LogP contribution < -0.4 is 9.47 Å². The summed E-state index contributed by atoms with van der Waals surface area (Å²) in [4.78, 5) is 32.2. The van der Waals surface area contributed by atoms with Gasteiger partial charge >= 0.3 is 6.09 Å². The fourth-order valence-corrected chi connectivity index (χ4v) is 9.49. The number of carbonyl (C=O) groups excluding carboxylic acids is 1. The monoisotopic (exact) mass is 867 g/mol. The molecular weight excluding hydrogens is 814 g/mol. The number of nitro benzene ring substituents is 1. The van der Waals surface area contributed by atoms with Crippen molar-refractivity contribution in [3.05, 3.63) is 130 Å². The summed E-state index contributed by atoms with van der Waals surface area (Å²) >= 11 is 5.96. The first-order chi connectivity index (χ1) is 30.2. The largest absolute Gasteiger partial charge is 0.459 e. The van der Waals surface area contributed by atoms with Crippen LogP contribution >= 0.6 is 11.6 Å². The fourth-order valence-electron chi connectivity index (χ4n) is 9.41. The number of nitrogens with zero attached hydrogens (tertiary/aromatic N) is 3. The van der Waals surface area contributed by atoms with Crippen molar-refractivity contribution in [3.63, 3.8) is 0 Å². The zero-order chi connectivity index (χ0) is 43.6. The summed E-state index contributed by atoms with van der Waals surface area (Å²) in [6, 6.07) is 25.2. The van der Waals surface area contributed by atoms with Crippen molar-refractivity contribution in [1.82, 2.24) is 4.90 Å². The van der Waals surface area contributed by atoms with Gasteiger partial charge in [-0.25, -0.2) is 4.79 Å². The van der Waals surface area contributed by atoms with Crippen LogP contribution in [0.15, 0.2) is 114 Å². The van der Waals surface area contributed by atoms with Crippen molar-refractivity contribution in [2.75, 3.05) is 39.4 Å². The zero-order valence-electron chi connectivity index (χ0n) is 34.9. The Morgan fingerprint density at radius 2 is 1.73 bits per heavy atom. The molecule has 1 fully saturated rings. The van der Waals surface area contributed by atoms with Crippen LogP contribution in [0.4, 0.5) is 10.5 Å². The number of aliphatic hydroxyl groups is 2. The zero-order valence-corrected chi connectivity index (χ0v) is 35.7. The lowest BCUT2D eigenvalue weighted by molar-refractivity contribution is -0.384. The molecule has 1 saturated carbocycles. The van der Waals surface area contributed by atoms with Crippen molar-refractivity contribution >= 4 is 39.9 Å². The van der Waals surface area contributed by atoms with Crippen molar-refractivity contribution < 1.29 is 43.7 Å². The first-order valence-electron chi connectivity index (χ1n) is 21.3. The molecule has 6 atom stereocenters. The normalized spacial score (nSPS) is 23.1. The minimum Gasteiger partial charge on any atom is -0.459 e. The lowest BCUT2D eigenvalue weighted by atomic mass is 9.55. The van der Waals surface area contributed by atoms with Gasteiger partial charge in [0.05, 0.1) is 29.0 Å².